The number of unbranched alkanes of at least 4 members (excludes halogenated alkanes) is 1. The Kier molecular flexibility index (Phi) is 5.35. The van der Waals surface area contributed by atoms with Crippen LogP contribution in [0.3, 0.4) is 0 Å². The molecule has 80 valence electrons. The number of carbonyl (C=O) groups is 1. The number of esters is 1. The summed E-state index contributed by atoms with van der Waals surface area (Å²) < 4.78 is 4.86. The molecular formula is C12H20O2. The van der Waals surface area contributed by atoms with Crippen molar-refractivity contribution in [2.75, 3.05) is 6.61 Å². The van der Waals surface area contributed by atoms with E-state index in [-0.39, 0.29) is 5.97 Å². The van der Waals surface area contributed by atoms with Gasteiger partial charge >= 0.3 is 5.97 Å². The zero-order chi connectivity index (χ0) is 10.2. The molecule has 1 aliphatic rings. The molecule has 0 bridgehead atoms. The Morgan fingerprint density at radius 2 is 2.07 bits per heavy atom. The highest BCUT2D eigenvalue weighted by molar-refractivity contribution is 5.65. The van der Waals surface area contributed by atoms with E-state index in [0.717, 1.165) is 12.8 Å². The highest BCUT2D eigenvalue weighted by Gasteiger charge is 2.03. The molecule has 0 spiro atoms. The fraction of sp³-hybridized carbons (Fsp3) is 0.750. The molecule has 1 saturated carbocycles. The Morgan fingerprint density at radius 1 is 1.36 bits per heavy atom. The molecule has 0 aliphatic heterocycles. The van der Waals surface area contributed by atoms with E-state index in [1.807, 2.05) is 0 Å². The van der Waals surface area contributed by atoms with Crippen molar-refractivity contribution < 1.29 is 9.53 Å². The highest BCUT2D eigenvalue weighted by atomic mass is 16.5. The van der Waals surface area contributed by atoms with E-state index in [0.29, 0.717) is 6.61 Å². The van der Waals surface area contributed by atoms with Crippen molar-refractivity contribution in [1.82, 2.24) is 0 Å². The molecule has 0 radical (unpaired) electrons. The second kappa shape index (κ2) is 6.63. The Labute approximate surface area is 86.3 Å². The number of carbonyl (C=O) groups excluding carboxylic acids is 1. The van der Waals surface area contributed by atoms with Gasteiger partial charge in [-0.25, -0.2) is 0 Å². The summed E-state index contributed by atoms with van der Waals surface area (Å²) in [5.41, 5.74) is 1.61. The quantitative estimate of drug-likeness (QED) is 0.392. The third-order valence-corrected chi connectivity index (χ3v) is 2.58. The van der Waals surface area contributed by atoms with Crippen molar-refractivity contribution in [3.63, 3.8) is 0 Å². The number of rotatable bonds is 4. The molecule has 0 aromatic heterocycles. The topological polar surface area (TPSA) is 26.3 Å². The Hall–Kier alpha value is -0.790. The minimum atomic E-state index is -0.171. The predicted octanol–water partition coefficient (Wildman–Crippen LogP) is 3.22. The summed E-state index contributed by atoms with van der Waals surface area (Å²) in [7, 11) is 0. The molecule has 0 aromatic rings. The van der Waals surface area contributed by atoms with E-state index in [4.69, 9.17) is 4.74 Å². The van der Waals surface area contributed by atoms with Gasteiger partial charge in [-0.1, -0.05) is 18.1 Å². The van der Waals surface area contributed by atoms with Gasteiger partial charge in [-0.05, 0) is 38.5 Å². The van der Waals surface area contributed by atoms with Crippen molar-refractivity contribution >= 4 is 5.97 Å². The first-order valence-electron chi connectivity index (χ1n) is 5.60. The van der Waals surface area contributed by atoms with Gasteiger partial charge < -0.3 is 4.74 Å². The predicted molar refractivity (Wildman–Crippen MR) is 57.0 cm³/mol. The van der Waals surface area contributed by atoms with E-state index in [9.17, 15) is 4.79 Å². The molecular weight excluding hydrogens is 176 g/mol. The number of ether oxygens (including phenoxy) is 1. The van der Waals surface area contributed by atoms with Crippen LogP contribution in [0.5, 0.6) is 0 Å². The normalized spacial score (nSPS) is 16.5. The van der Waals surface area contributed by atoms with Gasteiger partial charge in [-0.2, -0.15) is 0 Å². The summed E-state index contributed by atoms with van der Waals surface area (Å²) in [4.78, 5) is 10.5. The Balaban J connectivity index is 2.03. The first kappa shape index (κ1) is 11.3. The van der Waals surface area contributed by atoms with E-state index in [1.165, 1.54) is 39.0 Å². The van der Waals surface area contributed by atoms with E-state index in [2.05, 4.69) is 6.08 Å². The third kappa shape index (κ3) is 5.05. The average molecular weight is 196 g/mol. The van der Waals surface area contributed by atoms with Crippen molar-refractivity contribution in [1.29, 1.82) is 0 Å². The van der Waals surface area contributed by atoms with Crippen LogP contribution in [0.2, 0.25) is 0 Å². The smallest absolute Gasteiger partial charge is 0.302 e. The van der Waals surface area contributed by atoms with Crippen LogP contribution in [-0.4, -0.2) is 12.6 Å². The van der Waals surface area contributed by atoms with Gasteiger partial charge in [0.1, 0.15) is 0 Å². The lowest BCUT2D eigenvalue weighted by Gasteiger charge is -2.13. The first-order valence-corrected chi connectivity index (χ1v) is 5.60. The van der Waals surface area contributed by atoms with Gasteiger partial charge in [-0.3, -0.25) is 4.79 Å². The van der Waals surface area contributed by atoms with Crippen molar-refractivity contribution in [3.05, 3.63) is 11.6 Å². The molecule has 1 rings (SSSR count). The molecule has 0 amide bonds. The van der Waals surface area contributed by atoms with Gasteiger partial charge in [0.05, 0.1) is 6.61 Å². The lowest BCUT2D eigenvalue weighted by Crippen LogP contribution is -2.00. The Bertz CT molecular complexity index is 198. The van der Waals surface area contributed by atoms with Crippen LogP contribution in [0.4, 0.5) is 0 Å². The first-order chi connectivity index (χ1) is 6.79. The van der Waals surface area contributed by atoms with Crippen LogP contribution in [0.1, 0.15) is 51.9 Å². The monoisotopic (exact) mass is 196 g/mol. The summed E-state index contributed by atoms with van der Waals surface area (Å²) in [5, 5.41) is 0. The molecule has 0 atom stereocenters. The van der Waals surface area contributed by atoms with Gasteiger partial charge in [0.25, 0.3) is 0 Å². The summed E-state index contributed by atoms with van der Waals surface area (Å²) >= 11 is 0. The lowest BCUT2D eigenvalue weighted by molar-refractivity contribution is -0.141. The average Bonchev–Trinajstić information content (AvgIpc) is 2.18. The fourth-order valence-electron chi connectivity index (χ4n) is 1.82. The summed E-state index contributed by atoms with van der Waals surface area (Å²) in [6.45, 7) is 2.03. The molecule has 2 nitrogen and oxygen atoms in total. The minimum Gasteiger partial charge on any atom is -0.466 e. The number of hydrogen-bond acceptors (Lipinski definition) is 2. The molecule has 14 heavy (non-hydrogen) atoms. The van der Waals surface area contributed by atoms with Gasteiger partial charge in [0, 0.05) is 6.92 Å². The van der Waals surface area contributed by atoms with Crippen LogP contribution >= 0.6 is 0 Å². The summed E-state index contributed by atoms with van der Waals surface area (Å²) in [6.07, 6.45) is 11.0. The second-order valence-corrected chi connectivity index (χ2v) is 3.91. The summed E-state index contributed by atoms with van der Waals surface area (Å²) in [6, 6.07) is 0. The van der Waals surface area contributed by atoms with E-state index in [1.54, 1.807) is 5.57 Å². The van der Waals surface area contributed by atoms with Gasteiger partial charge in [0.15, 0.2) is 0 Å². The molecule has 1 fully saturated rings. The molecule has 1 aliphatic carbocycles. The fourth-order valence-corrected chi connectivity index (χ4v) is 1.82. The highest BCUT2D eigenvalue weighted by Crippen LogP contribution is 2.23. The zero-order valence-electron chi connectivity index (χ0n) is 9.05. The largest absolute Gasteiger partial charge is 0.466 e. The molecule has 0 saturated heterocycles. The number of hydrogen-bond donors (Lipinski definition) is 0. The molecule has 0 unspecified atom stereocenters. The zero-order valence-corrected chi connectivity index (χ0v) is 9.05. The van der Waals surface area contributed by atoms with Gasteiger partial charge in [0.2, 0.25) is 0 Å². The maximum Gasteiger partial charge on any atom is 0.302 e. The molecule has 0 N–H and O–H groups in total. The molecule has 0 aromatic carbocycles. The third-order valence-electron chi connectivity index (χ3n) is 2.58. The van der Waals surface area contributed by atoms with E-state index >= 15 is 0 Å². The second-order valence-electron chi connectivity index (χ2n) is 3.91. The maximum atomic E-state index is 10.5. The van der Waals surface area contributed by atoms with Crippen LogP contribution in [0.15, 0.2) is 11.6 Å². The summed E-state index contributed by atoms with van der Waals surface area (Å²) in [5.74, 6) is -0.171. The van der Waals surface area contributed by atoms with Crippen LogP contribution in [0, 0.1) is 0 Å². The SMILES string of the molecule is CC(=O)OCCCC=C1CCCCC1. The lowest BCUT2D eigenvalue weighted by atomic mass is 9.94. The molecule has 0 heterocycles. The maximum absolute atomic E-state index is 10.5. The Morgan fingerprint density at radius 3 is 2.71 bits per heavy atom. The van der Waals surface area contributed by atoms with Crippen LogP contribution in [-0.2, 0) is 9.53 Å². The van der Waals surface area contributed by atoms with Gasteiger partial charge in [-0.15, -0.1) is 0 Å². The standard InChI is InChI=1S/C12H20O2/c1-11(13)14-10-6-5-9-12-7-3-2-4-8-12/h9H,2-8,10H2,1H3. The van der Waals surface area contributed by atoms with Crippen molar-refractivity contribution in [2.24, 2.45) is 0 Å². The number of allylic oxidation sites excluding steroid dienone is 2. The van der Waals surface area contributed by atoms with Crippen molar-refractivity contribution in [3.8, 4) is 0 Å². The van der Waals surface area contributed by atoms with Crippen LogP contribution in [0.25, 0.3) is 0 Å². The van der Waals surface area contributed by atoms with E-state index < -0.39 is 0 Å². The molecule has 2 heteroatoms. The van der Waals surface area contributed by atoms with Crippen LogP contribution < -0.4 is 0 Å². The van der Waals surface area contributed by atoms with Crippen molar-refractivity contribution in [2.45, 2.75) is 51.9 Å². The minimum absolute atomic E-state index is 0.171.